The number of likely N-dealkylation sites (N-methyl/N-ethyl adjacent to an activating group) is 7. The molecule has 1 heterocycles. The van der Waals surface area contributed by atoms with Crippen LogP contribution in [-0.2, 0) is 52.7 Å². The highest BCUT2D eigenvalue weighted by atomic mass is 16.3. The third-order valence-electron chi connectivity index (χ3n) is 15.6. The number of carbonyl (C=O) groups is 11. The van der Waals surface area contributed by atoms with Gasteiger partial charge in [-0.2, -0.15) is 0 Å². The van der Waals surface area contributed by atoms with E-state index in [9.17, 15) is 53.1 Å². The first-order valence-corrected chi connectivity index (χ1v) is 29.2. The van der Waals surface area contributed by atoms with Gasteiger partial charge in [-0.05, 0) is 95.3 Å². The average molecular weight is 1160 g/mol. The van der Waals surface area contributed by atoms with E-state index in [2.05, 4.69) is 21.3 Å². The van der Waals surface area contributed by atoms with Gasteiger partial charge in [0.25, 0.3) is 0 Å². The van der Waals surface area contributed by atoms with Crippen molar-refractivity contribution in [2.24, 2.45) is 35.5 Å². The van der Waals surface area contributed by atoms with Gasteiger partial charge in [0.1, 0.15) is 60.4 Å². The fourth-order valence-electron chi connectivity index (χ4n) is 10.1. The molecule has 0 aliphatic carbocycles. The molecule has 0 unspecified atom stereocenters. The fraction of sp³-hybridized carbons (Fsp3) is 0.780. The minimum absolute atomic E-state index is 0.0235. The van der Waals surface area contributed by atoms with Crippen molar-refractivity contribution in [3.05, 3.63) is 12.2 Å². The van der Waals surface area contributed by atoms with Crippen molar-refractivity contribution in [3.63, 3.8) is 0 Å². The van der Waals surface area contributed by atoms with Gasteiger partial charge < -0.3 is 60.7 Å². The zero-order valence-electron chi connectivity index (χ0n) is 53.8. The molecule has 0 saturated carbocycles. The Hall–Kier alpha value is -6.13. The number of aliphatic hydroxyl groups excluding tert-OH is 1. The van der Waals surface area contributed by atoms with E-state index in [4.69, 9.17) is 0 Å². The second kappa shape index (κ2) is 33.2. The number of nitrogens with one attached hydrogen (secondary N) is 4. The monoisotopic (exact) mass is 1160 g/mol. The van der Waals surface area contributed by atoms with Gasteiger partial charge in [0.05, 0.1) is 12.6 Å². The molecule has 5 N–H and O–H groups in total. The highest BCUT2D eigenvalue weighted by Crippen LogP contribution is 2.25. The molecule has 1 fully saturated rings. The minimum atomic E-state index is -1.61. The Morgan fingerprint density at radius 3 is 1.43 bits per heavy atom. The second-order valence-electron chi connectivity index (χ2n) is 24.6. The van der Waals surface area contributed by atoms with E-state index in [-0.39, 0.29) is 43.4 Å². The predicted molar refractivity (Wildman–Crippen MR) is 315 cm³/mol. The summed E-state index contributed by atoms with van der Waals surface area (Å²) < 4.78 is 0. The summed E-state index contributed by atoms with van der Waals surface area (Å²) in [7, 11) is 9.78. The Labute approximate surface area is 489 Å². The largest absolute Gasteiger partial charge is 0.390 e. The molecule has 0 bridgehead atoms. The molecule has 0 spiro atoms. The van der Waals surface area contributed by atoms with Crippen LogP contribution in [0.25, 0.3) is 0 Å². The summed E-state index contributed by atoms with van der Waals surface area (Å²) in [5.41, 5.74) is 0. The molecule has 1 aliphatic rings. The van der Waals surface area contributed by atoms with Crippen molar-refractivity contribution in [3.8, 4) is 0 Å². The zero-order valence-corrected chi connectivity index (χ0v) is 53.8. The second-order valence-corrected chi connectivity index (χ2v) is 24.6. The molecule has 82 heavy (non-hydrogen) atoms. The SMILES string of the molecule is C/C=C/C[C@@H](C)[C@@H](O)[C@H]1C(=O)N[C@@H](CC)C(=O)N(C)CC(=O)N(C)[C@@H](CC(C)C)C(=O)N[C@@H](C(C)C)C(=O)N(C)[C@@H](CC(C)C)C(=O)N[C@@H](C)C(=O)N[C@H](C)C(=O)N(C)[C@@H](C)C(=O)N(C)[C@@H](CC(C)C)C(=O)N(C)[C@@H](C(C)C)C(=O)N1C. The van der Waals surface area contributed by atoms with Crippen LogP contribution in [0.3, 0.4) is 0 Å². The zero-order chi connectivity index (χ0) is 63.7. The van der Waals surface area contributed by atoms with Gasteiger partial charge in [0.2, 0.25) is 65.0 Å². The molecular formula is C59H105N11O12. The molecule has 0 aromatic rings. The summed E-state index contributed by atoms with van der Waals surface area (Å²) in [6, 6.07) is -12.3. The lowest BCUT2D eigenvalue weighted by Crippen LogP contribution is -2.63. The first-order valence-electron chi connectivity index (χ1n) is 29.2. The number of hydrogen-bond acceptors (Lipinski definition) is 12. The summed E-state index contributed by atoms with van der Waals surface area (Å²) >= 11 is 0. The van der Waals surface area contributed by atoms with E-state index in [0.29, 0.717) is 6.42 Å². The van der Waals surface area contributed by atoms with Crippen LogP contribution in [0.1, 0.15) is 143 Å². The van der Waals surface area contributed by atoms with Crippen LogP contribution in [0, 0.1) is 35.5 Å². The van der Waals surface area contributed by atoms with Crippen molar-refractivity contribution >= 4 is 65.0 Å². The summed E-state index contributed by atoms with van der Waals surface area (Å²) in [6.45, 7) is 26.9. The maximum Gasteiger partial charge on any atom is 0.246 e. The lowest BCUT2D eigenvalue weighted by Gasteiger charge is -2.41. The third kappa shape index (κ3) is 20.1. The van der Waals surface area contributed by atoms with Crippen molar-refractivity contribution in [2.45, 2.75) is 209 Å². The average Bonchev–Trinajstić information content (AvgIpc) is 3.59. The van der Waals surface area contributed by atoms with Crippen LogP contribution >= 0.6 is 0 Å². The normalized spacial score (nSPS) is 27.4. The number of nitrogens with zero attached hydrogens (tertiary/aromatic N) is 7. The topological polar surface area (TPSA) is 279 Å². The third-order valence-corrected chi connectivity index (χ3v) is 15.6. The molecule has 0 aromatic heterocycles. The van der Waals surface area contributed by atoms with Gasteiger partial charge in [-0.3, -0.25) is 52.7 Å². The number of rotatable bonds is 13. The van der Waals surface area contributed by atoms with E-state index in [1.807, 2.05) is 41.5 Å². The van der Waals surface area contributed by atoms with Gasteiger partial charge in [-0.15, -0.1) is 0 Å². The van der Waals surface area contributed by atoms with Crippen LogP contribution in [0.5, 0.6) is 0 Å². The first-order chi connectivity index (χ1) is 37.8. The van der Waals surface area contributed by atoms with E-state index < -0.39 is 156 Å². The van der Waals surface area contributed by atoms with Crippen LogP contribution in [-0.4, -0.2) is 227 Å². The molecular weight excluding hydrogens is 1050 g/mol. The highest BCUT2D eigenvalue weighted by Gasteiger charge is 2.45. The van der Waals surface area contributed by atoms with E-state index in [1.54, 1.807) is 60.6 Å². The number of allylic oxidation sites excluding steroid dienone is 2. The Balaban J connectivity index is 4.21. The Morgan fingerprint density at radius 2 is 0.951 bits per heavy atom. The fourth-order valence-corrected chi connectivity index (χ4v) is 10.1. The number of aliphatic hydroxyl groups is 1. The van der Waals surface area contributed by atoms with Crippen molar-refractivity contribution < 1.29 is 57.8 Å². The van der Waals surface area contributed by atoms with E-state index in [1.165, 1.54) is 89.7 Å². The Bertz CT molecular complexity index is 2260. The van der Waals surface area contributed by atoms with Gasteiger partial charge in [-0.25, -0.2) is 0 Å². The summed E-state index contributed by atoms with van der Waals surface area (Å²) in [4.78, 5) is 166. The molecule has 23 heteroatoms. The van der Waals surface area contributed by atoms with Crippen LogP contribution in [0.15, 0.2) is 12.2 Å². The molecule has 12 atom stereocenters. The van der Waals surface area contributed by atoms with Crippen molar-refractivity contribution in [1.82, 2.24) is 55.6 Å². The minimum Gasteiger partial charge on any atom is -0.390 e. The quantitative estimate of drug-likeness (QED) is 0.166. The van der Waals surface area contributed by atoms with Crippen LogP contribution < -0.4 is 21.3 Å². The molecule has 0 radical (unpaired) electrons. The van der Waals surface area contributed by atoms with Crippen molar-refractivity contribution in [2.75, 3.05) is 55.9 Å². The maximum absolute atomic E-state index is 15.0. The van der Waals surface area contributed by atoms with Crippen LogP contribution in [0.4, 0.5) is 0 Å². The number of amides is 11. The Kier molecular flexibility index (Phi) is 29.9. The van der Waals surface area contributed by atoms with Crippen LogP contribution in [0.2, 0.25) is 0 Å². The smallest absolute Gasteiger partial charge is 0.246 e. The molecule has 23 nitrogen and oxygen atoms in total. The first kappa shape index (κ1) is 73.9. The Morgan fingerprint density at radius 1 is 0.488 bits per heavy atom. The van der Waals surface area contributed by atoms with E-state index in [0.717, 1.165) is 14.7 Å². The number of carbonyl (C=O) groups excluding carboxylic acids is 11. The van der Waals surface area contributed by atoms with E-state index >= 15 is 4.79 Å². The summed E-state index contributed by atoms with van der Waals surface area (Å²) in [6.07, 6.45) is 2.88. The molecule has 1 aliphatic heterocycles. The van der Waals surface area contributed by atoms with Gasteiger partial charge in [0.15, 0.2) is 0 Å². The molecule has 0 aromatic carbocycles. The van der Waals surface area contributed by atoms with Gasteiger partial charge in [0, 0.05) is 49.3 Å². The molecule has 468 valence electrons. The summed E-state index contributed by atoms with van der Waals surface area (Å²) in [5.74, 6) is -9.65. The molecule has 11 amide bonds. The molecule has 1 saturated heterocycles. The summed E-state index contributed by atoms with van der Waals surface area (Å²) in [5, 5.41) is 22.9. The molecule has 1 rings (SSSR count). The lowest BCUT2D eigenvalue weighted by atomic mass is 9.91. The predicted octanol–water partition coefficient (Wildman–Crippen LogP) is 2.24. The van der Waals surface area contributed by atoms with Gasteiger partial charge >= 0.3 is 0 Å². The van der Waals surface area contributed by atoms with Gasteiger partial charge in [-0.1, -0.05) is 95.2 Å². The lowest BCUT2D eigenvalue weighted by molar-refractivity contribution is -0.157. The maximum atomic E-state index is 15.0. The number of hydrogen-bond donors (Lipinski definition) is 5. The van der Waals surface area contributed by atoms with Crippen molar-refractivity contribution in [1.29, 1.82) is 0 Å². The highest BCUT2D eigenvalue weighted by molar-refractivity contribution is 5.99. The standard InChI is InChI=1S/C59H105N11O12/c1-24-26-27-37(13)49(72)48-53(76)62-41(25-2)56(79)64(17)31-45(71)66(19)42(28-32(3)4)52(75)63-46(35(9)10)58(81)67(20)43(29-33(5)6)51(74)60-38(14)50(73)61-39(15)54(77)65(18)40(16)55(78)68(21)44(30-34(7)8)57(80)69(22)47(36(11)12)59(82)70(48)23/h24,26,32-44,46-49,72H,25,27-31H2,1-23H3,(H,60,74)(H,61,73)(H,62,76)(H,63,75)/b26-24+/t37-,38+,39-,40+,41+,42+,43+,44+,46+,47+,48+,49-/m1/s1.